The summed E-state index contributed by atoms with van der Waals surface area (Å²) in [6, 6.07) is 0. The third-order valence-electron chi connectivity index (χ3n) is 2.41. The first-order chi connectivity index (χ1) is 5.97. The fraction of sp³-hybridized carbons (Fsp3) is 1.00. The second-order valence-electron chi connectivity index (χ2n) is 3.54. The van der Waals surface area contributed by atoms with Gasteiger partial charge < -0.3 is 4.74 Å². The molecule has 1 nitrogen and oxygen atoms in total. The van der Waals surface area contributed by atoms with Crippen molar-refractivity contribution in [2.45, 2.75) is 25.4 Å². The largest absolute Gasteiger partial charge is 0.389 e. The summed E-state index contributed by atoms with van der Waals surface area (Å²) in [6.07, 6.45) is -3.63. The number of halogens is 4. The van der Waals surface area contributed by atoms with Crippen molar-refractivity contribution >= 4 is 22.6 Å². The van der Waals surface area contributed by atoms with Gasteiger partial charge in [-0.2, -0.15) is 13.2 Å². The van der Waals surface area contributed by atoms with E-state index in [0.717, 1.165) is 0 Å². The first-order valence-electron chi connectivity index (χ1n) is 4.18. The van der Waals surface area contributed by atoms with Crippen LogP contribution in [0.5, 0.6) is 0 Å². The Labute approximate surface area is 89.2 Å². The maximum Gasteiger partial charge on any atom is 0.389 e. The average molecular weight is 308 g/mol. The number of alkyl halides is 4. The highest BCUT2D eigenvalue weighted by Crippen LogP contribution is 2.42. The molecular weight excluding hydrogens is 296 g/mol. The molecule has 0 unspecified atom stereocenters. The fourth-order valence-corrected chi connectivity index (χ4v) is 2.62. The molecule has 0 radical (unpaired) electrons. The van der Waals surface area contributed by atoms with Gasteiger partial charge in [0.2, 0.25) is 0 Å². The standard InChI is InChI=1S/C8H12F3IO/c9-8(10,11)5-7(6-12)1-3-13-4-2-7/h1-6H2. The predicted octanol–water partition coefficient (Wildman–Crippen LogP) is 3.17. The van der Waals surface area contributed by atoms with Gasteiger partial charge in [0, 0.05) is 24.1 Å². The minimum Gasteiger partial charge on any atom is -0.381 e. The molecule has 1 rings (SSSR count). The molecule has 1 heterocycles. The lowest BCUT2D eigenvalue weighted by Crippen LogP contribution is -2.35. The van der Waals surface area contributed by atoms with Gasteiger partial charge in [0.15, 0.2) is 0 Å². The average Bonchev–Trinajstić information content (AvgIpc) is 2.03. The smallest absolute Gasteiger partial charge is 0.381 e. The van der Waals surface area contributed by atoms with Gasteiger partial charge in [0.1, 0.15) is 0 Å². The highest BCUT2D eigenvalue weighted by molar-refractivity contribution is 14.1. The van der Waals surface area contributed by atoms with Crippen molar-refractivity contribution in [3.63, 3.8) is 0 Å². The van der Waals surface area contributed by atoms with E-state index in [9.17, 15) is 13.2 Å². The van der Waals surface area contributed by atoms with Gasteiger partial charge in [-0.1, -0.05) is 22.6 Å². The van der Waals surface area contributed by atoms with Gasteiger partial charge in [-0.3, -0.25) is 0 Å². The zero-order chi connectivity index (χ0) is 9.95. The lowest BCUT2D eigenvalue weighted by atomic mass is 9.79. The second kappa shape index (κ2) is 4.33. The molecule has 78 valence electrons. The first-order valence-corrected chi connectivity index (χ1v) is 5.70. The number of hydrogen-bond acceptors (Lipinski definition) is 1. The Morgan fingerprint density at radius 1 is 1.23 bits per heavy atom. The molecule has 0 N–H and O–H groups in total. The van der Waals surface area contributed by atoms with Crippen LogP contribution >= 0.6 is 22.6 Å². The molecule has 0 aromatic rings. The lowest BCUT2D eigenvalue weighted by Gasteiger charge is -2.36. The molecule has 1 saturated heterocycles. The normalized spacial score (nSPS) is 23.1. The summed E-state index contributed by atoms with van der Waals surface area (Å²) in [6.45, 7) is 0.943. The molecule has 1 aliphatic rings. The Kier molecular flexibility index (Phi) is 3.85. The summed E-state index contributed by atoms with van der Waals surface area (Å²) in [5.74, 6) is 0. The van der Waals surface area contributed by atoms with E-state index in [0.29, 0.717) is 30.5 Å². The Morgan fingerprint density at radius 2 is 1.77 bits per heavy atom. The van der Waals surface area contributed by atoms with E-state index < -0.39 is 18.0 Å². The molecule has 5 heteroatoms. The van der Waals surface area contributed by atoms with Crippen LogP contribution < -0.4 is 0 Å². The van der Waals surface area contributed by atoms with Crippen molar-refractivity contribution in [2.24, 2.45) is 5.41 Å². The quantitative estimate of drug-likeness (QED) is 0.562. The zero-order valence-corrected chi connectivity index (χ0v) is 9.32. The van der Waals surface area contributed by atoms with Crippen LogP contribution in [0.15, 0.2) is 0 Å². The van der Waals surface area contributed by atoms with Crippen molar-refractivity contribution in [2.75, 3.05) is 17.6 Å². The molecule has 1 aliphatic heterocycles. The van der Waals surface area contributed by atoms with E-state index in [1.807, 2.05) is 22.6 Å². The Bertz CT molecular complexity index is 163. The van der Waals surface area contributed by atoms with Gasteiger partial charge in [0.25, 0.3) is 0 Å². The van der Waals surface area contributed by atoms with Gasteiger partial charge in [-0.15, -0.1) is 0 Å². The third kappa shape index (κ3) is 3.61. The zero-order valence-electron chi connectivity index (χ0n) is 7.16. The van der Waals surface area contributed by atoms with Gasteiger partial charge >= 0.3 is 6.18 Å². The number of ether oxygens (including phenoxy) is 1. The summed E-state index contributed by atoms with van der Waals surface area (Å²) in [7, 11) is 0. The Hall–Kier alpha value is 0.480. The molecule has 0 bridgehead atoms. The maximum atomic E-state index is 12.2. The topological polar surface area (TPSA) is 9.23 Å². The van der Waals surface area contributed by atoms with Gasteiger partial charge in [0.05, 0.1) is 0 Å². The second-order valence-corrected chi connectivity index (χ2v) is 4.30. The number of rotatable bonds is 2. The van der Waals surface area contributed by atoms with Crippen LogP contribution in [0.25, 0.3) is 0 Å². The first kappa shape index (κ1) is 11.6. The van der Waals surface area contributed by atoms with Crippen molar-refractivity contribution in [3.8, 4) is 0 Å². The molecule has 0 aliphatic carbocycles. The summed E-state index contributed by atoms with van der Waals surface area (Å²) in [4.78, 5) is 0. The molecule has 1 fully saturated rings. The van der Waals surface area contributed by atoms with Crippen LogP contribution in [0.1, 0.15) is 19.3 Å². The van der Waals surface area contributed by atoms with Gasteiger partial charge in [-0.05, 0) is 18.3 Å². The van der Waals surface area contributed by atoms with Crippen LogP contribution in [0.3, 0.4) is 0 Å². The van der Waals surface area contributed by atoms with Crippen molar-refractivity contribution < 1.29 is 17.9 Å². The van der Waals surface area contributed by atoms with Crippen LogP contribution in [-0.2, 0) is 4.74 Å². The fourth-order valence-electron chi connectivity index (χ4n) is 1.59. The molecule has 0 atom stereocenters. The Balaban J connectivity index is 2.57. The summed E-state index contributed by atoms with van der Waals surface area (Å²) < 4.78 is 42.3. The molecule has 0 aromatic carbocycles. The molecule has 0 amide bonds. The van der Waals surface area contributed by atoms with E-state index in [1.54, 1.807) is 0 Å². The minimum atomic E-state index is -4.04. The van der Waals surface area contributed by atoms with Crippen LogP contribution in [0, 0.1) is 5.41 Å². The monoisotopic (exact) mass is 308 g/mol. The van der Waals surface area contributed by atoms with Gasteiger partial charge in [-0.25, -0.2) is 0 Å². The van der Waals surface area contributed by atoms with E-state index in [-0.39, 0.29) is 0 Å². The molecule has 0 aromatic heterocycles. The van der Waals surface area contributed by atoms with Crippen molar-refractivity contribution in [1.29, 1.82) is 0 Å². The van der Waals surface area contributed by atoms with Crippen molar-refractivity contribution in [3.05, 3.63) is 0 Å². The summed E-state index contributed by atoms with van der Waals surface area (Å²) in [5, 5.41) is 0. The lowest BCUT2D eigenvalue weighted by molar-refractivity contribution is -0.165. The summed E-state index contributed by atoms with van der Waals surface area (Å²) >= 11 is 2.04. The van der Waals surface area contributed by atoms with E-state index in [4.69, 9.17) is 4.74 Å². The van der Waals surface area contributed by atoms with Crippen molar-refractivity contribution in [1.82, 2.24) is 0 Å². The molecule has 0 saturated carbocycles. The van der Waals surface area contributed by atoms with Crippen LogP contribution in [0.2, 0.25) is 0 Å². The molecule has 0 spiro atoms. The van der Waals surface area contributed by atoms with E-state index in [2.05, 4.69) is 0 Å². The molecule has 13 heavy (non-hydrogen) atoms. The van der Waals surface area contributed by atoms with E-state index >= 15 is 0 Å². The highest BCUT2D eigenvalue weighted by Gasteiger charge is 2.42. The Morgan fingerprint density at radius 3 is 2.15 bits per heavy atom. The number of hydrogen-bond donors (Lipinski definition) is 0. The van der Waals surface area contributed by atoms with E-state index in [1.165, 1.54) is 0 Å². The molecular formula is C8H12F3IO. The SMILES string of the molecule is FC(F)(F)CC1(CI)CCOCC1. The minimum absolute atomic E-state index is 0.471. The maximum absolute atomic E-state index is 12.2. The predicted molar refractivity (Wildman–Crippen MR) is 52.0 cm³/mol. The summed E-state index contributed by atoms with van der Waals surface area (Å²) in [5.41, 5.74) is -0.558. The third-order valence-corrected chi connectivity index (χ3v) is 4.03. The van der Waals surface area contributed by atoms with Crippen LogP contribution in [0.4, 0.5) is 13.2 Å². The van der Waals surface area contributed by atoms with Crippen LogP contribution in [-0.4, -0.2) is 23.8 Å². The highest BCUT2D eigenvalue weighted by atomic mass is 127.